The Morgan fingerprint density at radius 2 is 1.55 bits per heavy atom. The molecule has 0 bridgehead atoms. The van der Waals surface area contributed by atoms with Crippen LogP contribution in [0.1, 0.15) is 53.3 Å². The first-order chi connectivity index (χ1) is 9.81. The average molecular weight is 317 g/mol. The van der Waals surface area contributed by atoms with Crippen molar-refractivity contribution in [1.29, 1.82) is 0 Å². The molecule has 0 aromatic carbocycles. The number of alkyl halides is 3. The Labute approximate surface area is 128 Å². The highest BCUT2D eigenvalue weighted by atomic mass is 19.4. The van der Waals surface area contributed by atoms with Gasteiger partial charge in [0.1, 0.15) is 0 Å². The van der Waals surface area contributed by atoms with Gasteiger partial charge >= 0.3 is 6.18 Å². The van der Waals surface area contributed by atoms with Gasteiger partial charge in [-0.15, -0.1) is 0 Å². The van der Waals surface area contributed by atoms with Crippen molar-refractivity contribution in [1.82, 2.24) is 9.97 Å². The van der Waals surface area contributed by atoms with Gasteiger partial charge in [0.15, 0.2) is 0 Å². The maximum Gasteiger partial charge on any atom is 0.451 e. The Kier molecular flexibility index (Phi) is 5.20. The van der Waals surface area contributed by atoms with E-state index in [0.29, 0.717) is 6.42 Å². The molecule has 0 aliphatic rings. The summed E-state index contributed by atoms with van der Waals surface area (Å²) in [5.74, 6) is -1.49. The molecular formula is C15H22F3N3O. The molecular weight excluding hydrogens is 295 g/mol. The van der Waals surface area contributed by atoms with E-state index < -0.39 is 17.4 Å². The van der Waals surface area contributed by atoms with E-state index in [-0.39, 0.29) is 17.0 Å². The predicted octanol–water partition coefficient (Wildman–Crippen LogP) is 4.29. The van der Waals surface area contributed by atoms with Crippen LogP contribution >= 0.6 is 0 Å². The minimum absolute atomic E-state index is 0.106. The zero-order valence-corrected chi connectivity index (χ0v) is 13.5. The summed E-state index contributed by atoms with van der Waals surface area (Å²) < 4.78 is 37.1. The molecule has 0 spiro atoms. The number of nitrogens with zero attached hydrogens (tertiary/aromatic N) is 2. The van der Waals surface area contributed by atoms with E-state index in [1.165, 1.54) is 0 Å². The largest absolute Gasteiger partial charge is 0.451 e. The van der Waals surface area contributed by atoms with Gasteiger partial charge in [0, 0.05) is 5.41 Å². The van der Waals surface area contributed by atoms with Gasteiger partial charge < -0.3 is 5.32 Å². The Morgan fingerprint density at radius 1 is 1.05 bits per heavy atom. The van der Waals surface area contributed by atoms with Crippen molar-refractivity contribution in [2.75, 3.05) is 5.32 Å². The summed E-state index contributed by atoms with van der Waals surface area (Å²) >= 11 is 0. The highest BCUT2D eigenvalue weighted by Crippen LogP contribution is 2.31. The van der Waals surface area contributed by atoms with Crippen molar-refractivity contribution in [2.45, 2.75) is 53.6 Å². The van der Waals surface area contributed by atoms with E-state index >= 15 is 0 Å². The average Bonchev–Trinajstić information content (AvgIpc) is 2.35. The molecule has 0 saturated carbocycles. The fourth-order valence-electron chi connectivity index (χ4n) is 1.64. The molecule has 0 radical (unpaired) electrons. The second-order valence-electron chi connectivity index (χ2n) is 7.19. The molecule has 124 valence electrons. The van der Waals surface area contributed by atoms with Crippen LogP contribution in [0.4, 0.5) is 18.9 Å². The summed E-state index contributed by atoms with van der Waals surface area (Å²) in [5.41, 5.74) is -0.368. The molecule has 0 atom stereocenters. The van der Waals surface area contributed by atoms with Gasteiger partial charge in [0.2, 0.25) is 11.7 Å². The van der Waals surface area contributed by atoms with Crippen molar-refractivity contribution >= 4 is 11.6 Å². The van der Waals surface area contributed by atoms with Crippen LogP contribution in [0.15, 0.2) is 12.4 Å². The number of halogens is 3. The van der Waals surface area contributed by atoms with Crippen LogP contribution in [0.3, 0.4) is 0 Å². The molecule has 1 rings (SSSR count). The van der Waals surface area contributed by atoms with Gasteiger partial charge in [-0.05, 0) is 18.3 Å². The van der Waals surface area contributed by atoms with Crippen LogP contribution in [0, 0.1) is 10.8 Å². The molecule has 0 aliphatic carbocycles. The second kappa shape index (κ2) is 6.22. The van der Waals surface area contributed by atoms with Gasteiger partial charge in [0.05, 0.1) is 18.1 Å². The number of carbonyl (C=O) groups excluding carboxylic acids is 1. The van der Waals surface area contributed by atoms with Crippen LogP contribution in [0.5, 0.6) is 0 Å². The first kappa shape index (κ1) is 18.4. The summed E-state index contributed by atoms with van der Waals surface area (Å²) in [6, 6.07) is 0. The van der Waals surface area contributed by atoms with Crippen molar-refractivity contribution in [3.63, 3.8) is 0 Å². The number of hydrogen-bond donors (Lipinski definition) is 1. The summed E-state index contributed by atoms with van der Waals surface area (Å²) in [5, 5.41) is 2.57. The third-order valence-corrected chi connectivity index (χ3v) is 3.28. The quantitative estimate of drug-likeness (QED) is 0.901. The first-order valence-corrected chi connectivity index (χ1v) is 7.02. The number of hydrogen-bond acceptors (Lipinski definition) is 3. The topological polar surface area (TPSA) is 54.9 Å². The summed E-state index contributed by atoms with van der Waals surface area (Å²) in [4.78, 5) is 18.7. The van der Waals surface area contributed by atoms with Crippen molar-refractivity contribution in [2.24, 2.45) is 10.8 Å². The van der Waals surface area contributed by atoms with Crippen LogP contribution in [-0.2, 0) is 11.0 Å². The minimum Gasteiger partial charge on any atom is -0.323 e. The molecule has 1 aromatic rings. The molecule has 1 N–H and O–H groups in total. The molecule has 1 aromatic heterocycles. The maximum absolute atomic E-state index is 12.4. The van der Waals surface area contributed by atoms with Gasteiger partial charge in [-0.1, -0.05) is 34.6 Å². The molecule has 22 heavy (non-hydrogen) atoms. The third-order valence-electron chi connectivity index (χ3n) is 3.28. The smallest absolute Gasteiger partial charge is 0.323 e. The Balaban J connectivity index is 2.71. The predicted molar refractivity (Wildman–Crippen MR) is 78.1 cm³/mol. The van der Waals surface area contributed by atoms with Crippen LogP contribution < -0.4 is 5.32 Å². The lowest BCUT2D eigenvalue weighted by atomic mass is 9.79. The number of aromatic nitrogens is 2. The molecule has 0 saturated heterocycles. The molecule has 7 heteroatoms. The highest BCUT2D eigenvalue weighted by molar-refractivity contribution is 5.94. The SMILES string of the molecule is CC(C)(C)CCC(C)(C)C(=O)Nc1cnc(C(F)(F)F)nc1. The minimum atomic E-state index is -4.59. The standard InChI is InChI=1S/C15H22F3N3O/c1-13(2,3)6-7-14(4,5)12(22)21-10-8-19-11(20-9-10)15(16,17)18/h8-9H,6-7H2,1-5H3,(H,21,22). The maximum atomic E-state index is 12.4. The molecule has 1 amide bonds. The van der Waals surface area contributed by atoms with Crippen molar-refractivity contribution in [3.8, 4) is 0 Å². The molecule has 0 aliphatic heterocycles. The number of anilines is 1. The van der Waals surface area contributed by atoms with Gasteiger partial charge in [0.25, 0.3) is 0 Å². The van der Waals surface area contributed by atoms with E-state index in [1.54, 1.807) is 13.8 Å². The molecule has 0 unspecified atom stereocenters. The lowest BCUT2D eigenvalue weighted by Gasteiger charge is -2.27. The number of rotatable bonds is 4. The third kappa shape index (κ3) is 5.61. The molecule has 4 nitrogen and oxygen atoms in total. The fourth-order valence-corrected chi connectivity index (χ4v) is 1.64. The lowest BCUT2D eigenvalue weighted by molar-refractivity contribution is -0.144. The monoisotopic (exact) mass is 317 g/mol. The van der Waals surface area contributed by atoms with E-state index in [1.807, 2.05) is 0 Å². The van der Waals surface area contributed by atoms with Gasteiger partial charge in [-0.25, -0.2) is 9.97 Å². The van der Waals surface area contributed by atoms with Crippen LogP contribution in [0.2, 0.25) is 0 Å². The number of nitrogens with one attached hydrogen (secondary N) is 1. The fraction of sp³-hybridized carbons (Fsp3) is 0.667. The number of amides is 1. The van der Waals surface area contributed by atoms with E-state index in [9.17, 15) is 18.0 Å². The van der Waals surface area contributed by atoms with Gasteiger partial charge in [-0.3, -0.25) is 4.79 Å². The first-order valence-electron chi connectivity index (χ1n) is 7.02. The van der Waals surface area contributed by atoms with E-state index in [4.69, 9.17) is 0 Å². The zero-order chi connectivity index (χ0) is 17.2. The molecule has 0 fully saturated rings. The van der Waals surface area contributed by atoms with Crippen molar-refractivity contribution in [3.05, 3.63) is 18.2 Å². The normalized spacial score (nSPS) is 13.1. The second-order valence-corrected chi connectivity index (χ2v) is 7.19. The van der Waals surface area contributed by atoms with E-state index in [2.05, 4.69) is 36.1 Å². The van der Waals surface area contributed by atoms with Gasteiger partial charge in [-0.2, -0.15) is 13.2 Å². The summed E-state index contributed by atoms with van der Waals surface area (Å²) in [7, 11) is 0. The molecule has 1 heterocycles. The van der Waals surface area contributed by atoms with E-state index in [0.717, 1.165) is 18.8 Å². The Hall–Kier alpha value is -1.66. The van der Waals surface area contributed by atoms with Crippen LogP contribution in [-0.4, -0.2) is 15.9 Å². The zero-order valence-electron chi connectivity index (χ0n) is 13.5. The van der Waals surface area contributed by atoms with Crippen LogP contribution in [0.25, 0.3) is 0 Å². The highest BCUT2D eigenvalue weighted by Gasteiger charge is 2.34. The summed E-state index contributed by atoms with van der Waals surface area (Å²) in [6.07, 6.45) is -1.13. The summed E-state index contributed by atoms with van der Waals surface area (Å²) in [6.45, 7) is 9.87. The lowest BCUT2D eigenvalue weighted by Crippen LogP contribution is -2.32. The Bertz CT molecular complexity index is 516. The Morgan fingerprint density at radius 3 is 1.95 bits per heavy atom. The number of carbonyl (C=O) groups is 1. The van der Waals surface area contributed by atoms with Crippen molar-refractivity contribution < 1.29 is 18.0 Å².